The molecular weight excluding hydrogens is 490 g/mol. The van der Waals surface area contributed by atoms with E-state index in [9.17, 15) is 19.5 Å². The Bertz CT molecular complexity index is 883. The van der Waals surface area contributed by atoms with Crippen molar-refractivity contribution < 1.29 is 24.2 Å². The number of amides is 3. The van der Waals surface area contributed by atoms with Crippen molar-refractivity contribution in [3.63, 3.8) is 0 Å². The number of carbonyl (C=O) groups excluding carboxylic acids is 3. The van der Waals surface area contributed by atoms with E-state index in [1.807, 2.05) is 13.2 Å². The molecule has 1 aromatic carbocycles. The van der Waals surface area contributed by atoms with Gasteiger partial charge in [-0.05, 0) is 64.5 Å². The van der Waals surface area contributed by atoms with Crippen LogP contribution in [0.5, 0.6) is 5.75 Å². The maximum Gasteiger partial charge on any atom is 0.408 e. The second-order valence-electron chi connectivity index (χ2n) is 10.7. The second kappa shape index (κ2) is 15.1. The van der Waals surface area contributed by atoms with Gasteiger partial charge in [-0.2, -0.15) is 11.8 Å². The number of benzene rings is 1. The lowest BCUT2D eigenvalue weighted by atomic mass is 9.94. The molecule has 0 aromatic heterocycles. The third-order valence-electron chi connectivity index (χ3n) is 6.38. The van der Waals surface area contributed by atoms with E-state index in [0.717, 1.165) is 38.5 Å². The minimum atomic E-state index is -1.01. The van der Waals surface area contributed by atoms with Crippen molar-refractivity contribution in [1.82, 2.24) is 15.5 Å². The topological polar surface area (TPSA) is 108 Å². The van der Waals surface area contributed by atoms with Crippen molar-refractivity contribution in [2.45, 2.75) is 103 Å². The van der Waals surface area contributed by atoms with Crippen molar-refractivity contribution in [3.8, 4) is 5.75 Å². The van der Waals surface area contributed by atoms with E-state index in [2.05, 4.69) is 10.6 Å². The highest BCUT2D eigenvalue weighted by Gasteiger charge is 2.37. The summed E-state index contributed by atoms with van der Waals surface area (Å²) in [7, 11) is 0. The molecule has 1 saturated carbocycles. The molecule has 2 atom stereocenters. The summed E-state index contributed by atoms with van der Waals surface area (Å²) in [6.45, 7) is 7.64. The van der Waals surface area contributed by atoms with Crippen LogP contribution in [0, 0.1) is 0 Å². The van der Waals surface area contributed by atoms with E-state index in [-0.39, 0.29) is 23.6 Å². The third kappa shape index (κ3) is 10.1. The highest BCUT2D eigenvalue weighted by molar-refractivity contribution is 7.98. The van der Waals surface area contributed by atoms with Gasteiger partial charge in [-0.15, -0.1) is 0 Å². The van der Waals surface area contributed by atoms with E-state index >= 15 is 0 Å². The summed E-state index contributed by atoms with van der Waals surface area (Å²) in [6, 6.07) is 4.83. The van der Waals surface area contributed by atoms with Gasteiger partial charge in [-0.3, -0.25) is 9.59 Å². The predicted octanol–water partition coefficient (Wildman–Crippen LogP) is 5.16. The van der Waals surface area contributed by atoms with Gasteiger partial charge < -0.3 is 25.4 Å². The monoisotopic (exact) mass is 535 g/mol. The van der Waals surface area contributed by atoms with E-state index in [0.29, 0.717) is 30.7 Å². The van der Waals surface area contributed by atoms with Gasteiger partial charge in [0, 0.05) is 18.2 Å². The van der Waals surface area contributed by atoms with Gasteiger partial charge in [0.05, 0.1) is 0 Å². The summed E-state index contributed by atoms with van der Waals surface area (Å²) in [5, 5.41) is 16.6. The molecule has 0 saturated heterocycles. The zero-order valence-corrected chi connectivity index (χ0v) is 23.9. The average molecular weight is 536 g/mol. The lowest BCUT2D eigenvalue weighted by Crippen LogP contribution is -2.54. The molecule has 1 aromatic rings. The molecule has 0 bridgehead atoms. The number of carbonyl (C=O) groups is 3. The van der Waals surface area contributed by atoms with Crippen LogP contribution in [0.4, 0.5) is 4.79 Å². The van der Waals surface area contributed by atoms with E-state index < -0.39 is 23.8 Å². The van der Waals surface area contributed by atoms with Crippen molar-refractivity contribution in [2.24, 2.45) is 0 Å². The Morgan fingerprint density at radius 1 is 1.16 bits per heavy atom. The SMILES string of the molecule is CCCCN(C(=O)C(CCSC)NC(=O)OC(C)(C)C)C(C(=O)NC1CCCCC1)c1ccccc1O. The first-order valence-electron chi connectivity index (χ1n) is 13.4. The van der Waals surface area contributed by atoms with Crippen LogP contribution in [0.15, 0.2) is 24.3 Å². The van der Waals surface area contributed by atoms with Crippen LogP contribution in [0.3, 0.4) is 0 Å². The molecule has 2 unspecified atom stereocenters. The fourth-order valence-corrected chi connectivity index (χ4v) is 5.01. The molecule has 3 N–H and O–H groups in total. The van der Waals surface area contributed by atoms with Gasteiger partial charge in [0.2, 0.25) is 11.8 Å². The minimum Gasteiger partial charge on any atom is -0.508 e. The Morgan fingerprint density at radius 3 is 2.43 bits per heavy atom. The molecule has 208 valence electrons. The Labute approximate surface area is 226 Å². The van der Waals surface area contributed by atoms with Crippen LogP contribution in [0.2, 0.25) is 0 Å². The summed E-state index contributed by atoms with van der Waals surface area (Å²) >= 11 is 1.57. The number of thioether (sulfide) groups is 1. The molecular formula is C28H45N3O5S. The van der Waals surface area contributed by atoms with Gasteiger partial charge >= 0.3 is 6.09 Å². The van der Waals surface area contributed by atoms with Gasteiger partial charge in [-0.25, -0.2) is 4.79 Å². The second-order valence-corrected chi connectivity index (χ2v) is 11.7. The van der Waals surface area contributed by atoms with Crippen LogP contribution in [-0.4, -0.2) is 64.2 Å². The van der Waals surface area contributed by atoms with Crippen LogP contribution in [0.25, 0.3) is 0 Å². The summed E-state index contributed by atoms with van der Waals surface area (Å²) < 4.78 is 5.42. The summed E-state index contributed by atoms with van der Waals surface area (Å²) in [5.41, 5.74) is -0.335. The lowest BCUT2D eigenvalue weighted by Gasteiger charge is -2.36. The largest absolute Gasteiger partial charge is 0.508 e. The summed E-state index contributed by atoms with van der Waals surface area (Å²) in [6.07, 6.45) is 8.22. The molecule has 0 aliphatic heterocycles. The first-order chi connectivity index (χ1) is 17.6. The smallest absolute Gasteiger partial charge is 0.408 e. The number of hydrogen-bond acceptors (Lipinski definition) is 6. The van der Waals surface area contributed by atoms with Gasteiger partial charge in [0.25, 0.3) is 0 Å². The average Bonchev–Trinajstić information content (AvgIpc) is 2.84. The van der Waals surface area contributed by atoms with E-state index in [4.69, 9.17) is 4.74 Å². The number of nitrogens with one attached hydrogen (secondary N) is 2. The fourth-order valence-electron chi connectivity index (χ4n) is 4.53. The van der Waals surface area contributed by atoms with Crippen LogP contribution >= 0.6 is 11.8 Å². The number of hydrogen-bond donors (Lipinski definition) is 3. The molecule has 1 aliphatic carbocycles. The number of unbranched alkanes of at least 4 members (excludes halogenated alkanes) is 1. The van der Waals surface area contributed by atoms with Crippen molar-refractivity contribution in [3.05, 3.63) is 29.8 Å². The molecule has 8 nitrogen and oxygen atoms in total. The highest BCUT2D eigenvalue weighted by atomic mass is 32.2. The zero-order chi connectivity index (χ0) is 27.4. The van der Waals surface area contributed by atoms with E-state index in [1.54, 1.807) is 50.7 Å². The molecule has 1 fully saturated rings. The maximum absolute atomic E-state index is 14.1. The number of aromatic hydroxyl groups is 1. The summed E-state index contributed by atoms with van der Waals surface area (Å²) in [5.74, 6) is -0.0657. The van der Waals surface area contributed by atoms with Gasteiger partial charge in [0.1, 0.15) is 23.4 Å². The third-order valence-corrected chi connectivity index (χ3v) is 7.02. The molecule has 37 heavy (non-hydrogen) atoms. The number of rotatable bonds is 12. The number of phenolic OH excluding ortho intramolecular Hbond substituents is 1. The molecule has 1 aliphatic rings. The number of nitrogens with zero attached hydrogens (tertiary/aromatic N) is 1. The van der Waals surface area contributed by atoms with Crippen LogP contribution in [0.1, 0.15) is 90.7 Å². The van der Waals surface area contributed by atoms with Crippen molar-refractivity contribution in [1.29, 1.82) is 0 Å². The number of para-hydroxylation sites is 1. The number of phenols is 1. The van der Waals surface area contributed by atoms with Crippen LogP contribution < -0.4 is 10.6 Å². The number of alkyl carbamates (subject to hydrolysis) is 1. The standard InChI is InChI=1S/C28H45N3O5S/c1-6-7-18-31(26(34)22(17-19-37-5)30-27(35)36-28(2,3)4)24(21-15-11-12-16-23(21)32)25(33)29-20-13-9-8-10-14-20/h11-12,15-16,20,22,24,32H,6-10,13-14,17-19H2,1-5H3,(H,29,33)(H,30,35). The van der Waals surface area contributed by atoms with Crippen molar-refractivity contribution >= 4 is 29.7 Å². The molecule has 0 heterocycles. The van der Waals surface area contributed by atoms with E-state index in [1.165, 1.54) is 11.0 Å². The first kappa shape index (κ1) is 30.8. The normalized spacial score (nSPS) is 15.9. The lowest BCUT2D eigenvalue weighted by molar-refractivity contribution is -0.143. The molecule has 0 radical (unpaired) electrons. The molecule has 0 spiro atoms. The Kier molecular flexibility index (Phi) is 12.6. The zero-order valence-electron chi connectivity index (χ0n) is 23.0. The molecule has 3 amide bonds. The highest BCUT2D eigenvalue weighted by Crippen LogP contribution is 2.31. The van der Waals surface area contributed by atoms with Crippen molar-refractivity contribution in [2.75, 3.05) is 18.6 Å². The Morgan fingerprint density at radius 2 is 1.84 bits per heavy atom. The quantitative estimate of drug-likeness (QED) is 0.341. The summed E-state index contributed by atoms with van der Waals surface area (Å²) in [4.78, 5) is 42.0. The maximum atomic E-state index is 14.1. The first-order valence-corrected chi connectivity index (χ1v) is 14.8. The van der Waals surface area contributed by atoms with Gasteiger partial charge in [0.15, 0.2) is 0 Å². The fraction of sp³-hybridized carbons (Fsp3) is 0.679. The Hall–Kier alpha value is -2.42. The Balaban J connectivity index is 2.43. The number of ether oxygens (including phenoxy) is 1. The predicted molar refractivity (Wildman–Crippen MR) is 149 cm³/mol. The minimum absolute atomic E-state index is 0.0404. The molecule has 9 heteroatoms. The van der Waals surface area contributed by atoms with Gasteiger partial charge in [-0.1, -0.05) is 50.8 Å². The molecule has 2 rings (SSSR count). The van der Waals surface area contributed by atoms with Crippen LogP contribution in [-0.2, 0) is 14.3 Å².